The average Bonchev–Trinajstić information content (AvgIpc) is 2.47. The van der Waals surface area contributed by atoms with Crippen LogP contribution >= 0.6 is 11.8 Å². The van der Waals surface area contributed by atoms with Crippen LogP contribution in [-0.2, 0) is 4.74 Å². The summed E-state index contributed by atoms with van der Waals surface area (Å²) in [5, 5.41) is 10.7. The smallest absolute Gasteiger partial charge is 0.0989 e. The van der Waals surface area contributed by atoms with Gasteiger partial charge in [0.2, 0.25) is 0 Å². The van der Waals surface area contributed by atoms with Gasteiger partial charge in [0, 0.05) is 12.8 Å². The number of nitrogens with zero attached hydrogens (tertiary/aromatic N) is 1. The zero-order valence-electron chi connectivity index (χ0n) is 12.0. The molecule has 1 spiro atoms. The second-order valence-electron chi connectivity index (χ2n) is 6.10. The molecular weight excluding hydrogens is 270 g/mol. The summed E-state index contributed by atoms with van der Waals surface area (Å²) in [5.74, 6) is 2.65. The molecule has 2 atom stereocenters. The number of hydrogen-bond donors (Lipinski definition) is 1. The Hall–Kier alpha value is -0.580. The van der Waals surface area contributed by atoms with Gasteiger partial charge in [0.05, 0.1) is 17.4 Å². The van der Waals surface area contributed by atoms with Crippen molar-refractivity contribution in [3.8, 4) is 0 Å². The number of aliphatic hydroxyl groups is 1. The first kappa shape index (κ1) is 14.4. The van der Waals surface area contributed by atoms with Crippen molar-refractivity contribution in [3.63, 3.8) is 0 Å². The lowest BCUT2D eigenvalue weighted by atomic mass is 9.78. The van der Waals surface area contributed by atoms with Crippen molar-refractivity contribution < 1.29 is 9.84 Å². The molecule has 3 nitrogen and oxygen atoms in total. The van der Waals surface area contributed by atoms with Gasteiger partial charge in [-0.05, 0) is 67.7 Å². The maximum absolute atomic E-state index is 10.7. The molecule has 20 heavy (non-hydrogen) atoms. The Labute approximate surface area is 125 Å². The number of aryl methyl sites for hydroxylation is 1. The van der Waals surface area contributed by atoms with Crippen molar-refractivity contribution in [1.29, 1.82) is 0 Å². The van der Waals surface area contributed by atoms with Crippen LogP contribution in [-0.4, -0.2) is 33.8 Å². The van der Waals surface area contributed by atoms with Crippen LogP contribution in [0.25, 0.3) is 0 Å². The number of aliphatic hydroxyl groups excluding tert-OH is 1. The number of hydrogen-bond acceptors (Lipinski definition) is 4. The van der Waals surface area contributed by atoms with E-state index in [1.165, 1.54) is 11.5 Å². The Morgan fingerprint density at radius 2 is 2.25 bits per heavy atom. The van der Waals surface area contributed by atoms with E-state index in [-0.39, 0.29) is 11.5 Å². The molecule has 2 fully saturated rings. The average molecular weight is 293 g/mol. The van der Waals surface area contributed by atoms with Gasteiger partial charge in [-0.2, -0.15) is 11.8 Å². The maximum atomic E-state index is 10.7. The van der Waals surface area contributed by atoms with Crippen molar-refractivity contribution >= 4 is 11.8 Å². The van der Waals surface area contributed by atoms with Gasteiger partial charge < -0.3 is 9.84 Å². The Morgan fingerprint density at radius 3 is 3.00 bits per heavy atom. The molecule has 0 aliphatic carbocycles. The zero-order chi connectivity index (χ0) is 14.0. The molecule has 2 saturated heterocycles. The molecule has 0 amide bonds. The Bertz CT molecular complexity index is 454. The minimum Gasteiger partial charge on any atom is -0.387 e. The van der Waals surface area contributed by atoms with Gasteiger partial charge in [0.15, 0.2) is 0 Å². The first-order chi connectivity index (χ1) is 9.69. The number of ether oxygens (including phenoxy) is 1. The van der Waals surface area contributed by atoms with E-state index in [0.717, 1.165) is 43.5 Å². The molecule has 0 bridgehead atoms. The predicted octanol–water partition coefficient (Wildman–Crippen LogP) is 3.12. The minimum atomic E-state index is -0.453. The second-order valence-corrected chi connectivity index (χ2v) is 7.32. The van der Waals surface area contributed by atoms with E-state index in [9.17, 15) is 5.11 Å². The topological polar surface area (TPSA) is 42.4 Å². The zero-order valence-corrected chi connectivity index (χ0v) is 12.9. The Kier molecular flexibility index (Phi) is 4.34. The van der Waals surface area contributed by atoms with Crippen LogP contribution in [0.3, 0.4) is 0 Å². The van der Waals surface area contributed by atoms with Gasteiger partial charge in [-0.15, -0.1) is 0 Å². The summed E-state index contributed by atoms with van der Waals surface area (Å²) in [6, 6.07) is 3.98. The monoisotopic (exact) mass is 293 g/mol. The van der Waals surface area contributed by atoms with E-state index in [1.54, 1.807) is 6.20 Å². The fraction of sp³-hybridized carbons (Fsp3) is 0.688. The maximum Gasteiger partial charge on any atom is 0.0989 e. The van der Waals surface area contributed by atoms with E-state index in [2.05, 4.69) is 4.98 Å². The standard InChI is InChI=1S/C16H23NO2S/c1-12-2-6-17-14(10-12)15(18)13-3-7-19-16(11-13)4-8-20-9-5-16/h2,6,10,13,15,18H,3-5,7-9,11H2,1H3. The van der Waals surface area contributed by atoms with E-state index >= 15 is 0 Å². The van der Waals surface area contributed by atoms with Crippen LogP contribution in [0.15, 0.2) is 18.3 Å². The lowest BCUT2D eigenvalue weighted by Gasteiger charge is -2.44. The molecule has 1 aromatic rings. The second kappa shape index (κ2) is 6.04. The van der Waals surface area contributed by atoms with Gasteiger partial charge in [-0.1, -0.05) is 0 Å². The Morgan fingerprint density at radius 1 is 1.45 bits per heavy atom. The highest BCUT2D eigenvalue weighted by atomic mass is 32.2. The fourth-order valence-electron chi connectivity index (χ4n) is 3.39. The van der Waals surface area contributed by atoms with Crippen molar-refractivity contribution in [1.82, 2.24) is 4.98 Å². The van der Waals surface area contributed by atoms with Crippen molar-refractivity contribution in [2.24, 2.45) is 5.92 Å². The summed E-state index contributed by atoms with van der Waals surface area (Å²) in [6.07, 6.45) is 5.51. The van der Waals surface area contributed by atoms with Crippen LogP contribution in [0.5, 0.6) is 0 Å². The molecule has 3 heterocycles. The molecule has 3 rings (SSSR count). The number of rotatable bonds is 2. The lowest BCUT2D eigenvalue weighted by Crippen LogP contribution is -2.44. The van der Waals surface area contributed by atoms with E-state index in [1.807, 2.05) is 30.8 Å². The molecule has 0 aromatic carbocycles. The van der Waals surface area contributed by atoms with Crippen LogP contribution in [0.1, 0.15) is 43.0 Å². The molecule has 0 radical (unpaired) electrons. The third kappa shape index (κ3) is 3.02. The molecule has 0 saturated carbocycles. The van der Waals surface area contributed by atoms with Crippen LogP contribution < -0.4 is 0 Å². The van der Waals surface area contributed by atoms with Crippen LogP contribution in [0.2, 0.25) is 0 Å². The van der Waals surface area contributed by atoms with E-state index in [0.29, 0.717) is 0 Å². The molecular formula is C16H23NO2S. The van der Waals surface area contributed by atoms with Crippen molar-refractivity contribution in [2.45, 2.75) is 44.3 Å². The quantitative estimate of drug-likeness (QED) is 0.910. The molecule has 2 aliphatic rings. The van der Waals surface area contributed by atoms with E-state index in [4.69, 9.17) is 4.74 Å². The third-order valence-electron chi connectivity index (χ3n) is 4.62. The summed E-state index contributed by atoms with van der Waals surface area (Å²) in [5.41, 5.74) is 2.00. The SMILES string of the molecule is Cc1ccnc(C(O)C2CCOC3(CCSCC3)C2)c1. The van der Waals surface area contributed by atoms with Crippen LogP contribution in [0.4, 0.5) is 0 Å². The highest BCUT2D eigenvalue weighted by Crippen LogP contribution is 2.43. The summed E-state index contributed by atoms with van der Waals surface area (Å²) >= 11 is 2.02. The summed E-state index contributed by atoms with van der Waals surface area (Å²) < 4.78 is 6.10. The number of aromatic nitrogens is 1. The Balaban J connectivity index is 1.73. The van der Waals surface area contributed by atoms with Gasteiger partial charge in [-0.3, -0.25) is 4.98 Å². The lowest BCUT2D eigenvalue weighted by molar-refractivity contribution is -0.121. The summed E-state index contributed by atoms with van der Waals surface area (Å²) in [4.78, 5) is 4.35. The normalized spacial score (nSPS) is 27.4. The molecule has 1 aromatic heterocycles. The van der Waals surface area contributed by atoms with E-state index < -0.39 is 6.10 Å². The first-order valence-electron chi connectivity index (χ1n) is 7.51. The van der Waals surface area contributed by atoms with Gasteiger partial charge in [0.1, 0.15) is 0 Å². The summed E-state index contributed by atoms with van der Waals surface area (Å²) in [6.45, 7) is 2.82. The van der Waals surface area contributed by atoms with Crippen LogP contribution in [0, 0.1) is 12.8 Å². The van der Waals surface area contributed by atoms with Gasteiger partial charge >= 0.3 is 0 Å². The van der Waals surface area contributed by atoms with Crippen molar-refractivity contribution in [3.05, 3.63) is 29.6 Å². The van der Waals surface area contributed by atoms with Gasteiger partial charge in [-0.25, -0.2) is 0 Å². The fourth-order valence-corrected chi connectivity index (χ4v) is 4.63. The predicted molar refractivity (Wildman–Crippen MR) is 81.9 cm³/mol. The highest BCUT2D eigenvalue weighted by Gasteiger charge is 2.41. The molecule has 1 N–H and O–H groups in total. The first-order valence-corrected chi connectivity index (χ1v) is 8.66. The number of thioether (sulfide) groups is 1. The highest BCUT2D eigenvalue weighted by molar-refractivity contribution is 7.99. The summed E-state index contributed by atoms with van der Waals surface area (Å²) in [7, 11) is 0. The molecule has 110 valence electrons. The number of pyridine rings is 1. The molecule has 4 heteroatoms. The minimum absolute atomic E-state index is 0.0268. The van der Waals surface area contributed by atoms with Crippen molar-refractivity contribution in [2.75, 3.05) is 18.1 Å². The largest absolute Gasteiger partial charge is 0.387 e. The van der Waals surface area contributed by atoms with Gasteiger partial charge in [0.25, 0.3) is 0 Å². The third-order valence-corrected chi connectivity index (χ3v) is 5.61. The molecule has 2 aliphatic heterocycles. The molecule has 2 unspecified atom stereocenters.